The molecule has 0 spiro atoms. The van der Waals surface area contributed by atoms with Crippen molar-refractivity contribution < 1.29 is 0 Å². The van der Waals surface area contributed by atoms with Gasteiger partial charge < -0.3 is 10.6 Å². The number of hydrogen-bond donors (Lipinski definition) is 2. The van der Waals surface area contributed by atoms with Crippen LogP contribution in [0.5, 0.6) is 0 Å². The van der Waals surface area contributed by atoms with Crippen LogP contribution < -0.4 is 10.6 Å². The Hall–Kier alpha value is -1.11. The highest BCUT2D eigenvalue weighted by Gasteiger charge is 2.07. The monoisotopic (exact) mass is 375 g/mol. The number of nitrogens with one attached hydrogen (secondary N) is 2. The molecule has 0 radical (unpaired) electrons. The molecule has 1 heterocycles. The van der Waals surface area contributed by atoms with Gasteiger partial charge in [0, 0.05) is 11.0 Å². The number of hydrogen-bond acceptors (Lipinski definition) is 5. The van der Waals surface area contributed by atoms with E-state index in [-0.39, 0.29) is 5.28 Å². The van der Waals surface area contributed by atoms with Gasteiger partial charge in [-0.25, -0.2) is 0 Å². The highest BCUT2D eigenvalue weighted by Crippen LogP contribution is 2.27. The second kappa shape index (κ2) is 7.06. The van der Waals surface area contributed by atoms with Gasteiger partial charge >= 0.3 is 0 Å². The Morgan fingerprint density at radius 3 is 2.60 bits per heavy atom. The van der Waals surface area contributed by atoms with Crippen molar-refractivity contribution in [2.45, 2.75) is 13.3 Å². The third-order valence-corrected chi connectivity index (χ3v) is 3.29. The summed E-state index contributed by atoms with van der Waals surface area (Å²) in [6, 6.07) is 5.47. The van der Waals surface area contributed by atoms with Gasteiger partial charge in [-0.05, 0) is 36.2 Å². The molecule has 0 bridgehead atoms. The van der Waals surface area contributed by atoms with E-state index in [0.717, 1.165) is 17.4 Å². The molecule has 0 saturated heterocycles. The van der Waals surface area contributed by atoms with E-state index >= 15 is 0 Å². The maximum Gasteiger partial charge on any atom is 0.233 e. The Bertz CT molecular complexity index is 608. The zero-order valence-electron chi connectivity index (χ0n) is 10.6. The Morgan fingerprint density at radius 2 is 1.90 bits per heavy atom. The lowest BCUT2D eigenvalue weighted by atomic mass is 10.3. The number of benzene rings is 1. The molecule has 0 aliphatic carbocycles. The molecule has 0 unspecified atom stereocenters. The molecular weight excluding hydrogens is 365 g/mol. The standard InChI is InChI=1S/C12H12BrCl2N5/c1-2-5-16-11-18-10(15)19-12(20-11)17-9-4-3-7(13)6-8(9)14/h3-4,6H,2,5H2,1H3,(H2,16,17,18,19,20). The molecule has 2 N–H and O–H groups in total. The van der Waals surface area contributed by atoms with E-state index in [1.54, 1.807) is 6.07 Å². The zero-order chi connectivity index (χ0) is 14.5. The van der Waals surface area contributed by atoms with Crippen LogP contribution in [0.25, 0.3) is 0 Å². The summed E-state index contributed by atoms with van der Waals surface area (Å²) in [5.74, 6) is 0.774. The van der Waals surface area contributed by atoms with Gasteiger partial charge in [0.25, 0.3) is 0 Å². The largest absolute Gasteiger partial charge is 0.354 e. The van der Waals surface area contributed by atoms with Gasteiger partial charge in [0.2, 0.25) is 17.2 Å². The van der Waals surface area contributed by atoms with Gasteiger partial charge in [-0.15, -0.1) is 0 Å². The van der Waals surface area contributed by atoms with Crippen molar-refractivity contribution in [1.82, 2.24) is 15.0 Å². The second-order valence-corrected chi connectivity index (χ2v) is 5.59. The molecule has 1 aromatic heterocycles. The molecule has 20 heavy (non-hydrogen) atoms. The van der Waals surface area contributed by atoms with Crippen LogP contribution in [0.15, 0.2) is 22.7 Å². The van der Waals surface area contributed by atoms with Gasteiger partial charge in [0.15, 0.2) is 0 Å². The third kappa shape index (κ3) is 4.19. The first-order valence-corrected chi connectivity index (χ1v) is 7.51. The Morgan fingerprint density at radius 1 is 1.15 bits per heavy atom. The lowest BCUT2D eigenvalue weighted by Crippen LogP contribution is -2.07. The molecule has 8 heteroatoms. The minimum Gasteiger partial charge on any atom is -0.354 e. The fourth-order valence-corrected chi connectivity index (χ4v) is 2.31. The van der Waals surface area contributed by atoms with Crippen LogP contribution in [-0.2, 0) is 0 Å². The van der Waals surface area contributed by atoms with Gasteiger partial charge in [-0.1, -0.05) is 34.5 Å². The van der Waals surface area contributed by atoms with E-state index in [9.17, 15) is 0 Å². The quantitative estimate of drug-likeness (QED) is 0.803. The molecule has 0 atom stereocenters. The number of nitrogens with zero attached hydrogens (tertiary/aromatic N) is 3. The topological polar surface area (TPSA) is 62.7 Å². The van der Waals surface area contributed by atoms with Crippen LogP contribution in [0, 0.1) is 0 Å². The van der Waals surface area contributed by atoms with Crippen molar-refractivity contribution in [3.63, 3.8) is 0 Å². The fourth-order valence-electron chi connectivity index (χ4n) is 1.43. The zero-order valence-corrected chi connectivity index (χ0v) is 13.7. The number of aromatic nitrogens is 3. The normalized spacial score (nSPS) is 10.4. The summed E-state index contributed by atoms with van der Waals surface area (Å²) in [5, 5.41) is 6.75. The van der Waals surface area contributed by atoms with E-state index in [4.69, 9.17) is 23.2 Å². The lowest BCUT2D eigenvalue weighted by Gasteiger charge is -2.09. The van der Waals surface area contributed by atoms with Crippen LogP contribution in [0.3, 0.4) is 0 Å². The number of halogens is 3. The molecule has 106 valence electrons. The molecule has 2 rings (SSSR count). The molecule has 1 aromatic carbocycles. The summed E-state index contributed by atoms with van der Waals surface area (Å²) in [7, 11) is 0. The van der Waals surface area contributed by atoms with Crippen LogP contribution >= 0.6 is 39.1 Å². The van der Waals surface area contributed by atoms with Crippen molar-refractivity contribution in [2.75, 3.05) is 17.2 Å². The predicted octanol–water partition coefficient (Wildman–Crippen LogP) is 4.51. The fraction of sp³-hybridized carbons (Fsp3) is 0.250. The van der Waals surface area contributed by atoms with E-state index < -0.39 is 0 Å². The molecule has 0 saturated carbocycles. The van der Waals surface area contributed by atoms with E-state index in [0.29, 0.717) is 22.6 Å². The van der Waals surface area contributed by atoms with Gasteiger partial charge in [0.05, 0.1) is 10.7 Å². The summed E-state index contributed by atoms with van der Waals surface area (Å²) in [4.78, 5) is 12.3. The SMILES string of the molecule is CCCNc1nc(Cl)nc(Nc2ccc(Br)cc2Cl)n1. The van der Waals surface area contributed by atoms with Crippen molar-refractivity contribution in [1.29, 1.82) is 0 Å². The molecule has 0 fully saturated rings. The summed E-state index contributed by atoms with van der Waals surface area (Å²) >= 11 is 15.4. The van der Waals surface area contributed by atoms with Crippen LogP contribution in [0.2, 0.25) is 10.3 Å². The van der Waals surface area contributed by atoms with Crippen molar-refractivity contribution in [3.8, 4) is 0 Å². The molecule has 0 amide bonds. The van der Waals surface area contributed by atoms with Crippen LogP contribution in [0.1, 0.15) is 13.3 Å². The minimum absolute atomic E-state index is 0.120. The third-order valence-electron chi connectivity index (χ3n) is 2.32. The van der Waals surface area contributed by atoms with E-state index in [1.165, 1.54) is 0 Å². The molecule has 5 nitrogen and oxygen atoms in total. The molecule has 2 aromatic rings. The predicted molar refractivity (Wildman–Crippen MR) is 86.1 cm³/mol. The minimum atomic E-state index is 0.120. The maximum absolute atomic E-state index is 6.13. The second-order valence-electron chi connectivity index (χ2n) is 3.93. The molecular formula is C12H12BrCl2N5. The van der Waals surface area contributed by atoms with Crippen molar-refractivity contribution >= 4 is 56.7 Å². The Balaban J connectivity index is 2.21. The summed E-state index contributed by atoms with van der Waals surface area (Å²) in [5.41, 5.74) is 0.693. The average molecular weight is 377 g/mol. The van der Waals surface area contributed by atoms with Gasteiger partial charge in [-0.2, -0.15) is 15.0 Å². The van der Waals surface area contributed by atoms with Crippen molar-refractivity contribution in [2.24, 2.45) is 0 Å². The van der Waals surface area contributed by atoms with E-state index in [1.807, 2.05) is 12.1 Å². The smallest absolute Gasteiger partial charge is 0.233 e. The van der Waals surface area contributed by atoms with E-state index in [2.05, 4.69) is 48.4 Å². The summed E-state index contributed by atoms with van der Waals surface area (Å²) in [6.45, 7) is 2.81. The number of anilines is 3. The lowest BCUT2D eigenvalue weighted by molar-refractivity contribution is 0.940. The van der Waals surface area contributed by atoms with Crippen molar-refractivity contribution in [3.05, 3.63) is 33.0 Å². The Kier molecular flexibility index (Phi) is 5.39. The molecule has 0 aliphatic rings. The Labute approximate surface area is 135 Å². The van der Waals surface area contributed by atoms with Crippen LogP contribution in [-0.4, -0.2) is 21.5 Å². The molecule has 0 aliphatic heterocycles. The first-order valence-electron chi connectivity index (χ1n) is 5.96. The number of rotatable bonds is 5. The summed E-state index contributed by atoms with van der Waals surface area (Å²) < 4.78 is 0.895. The maximum atomic E-state index is 6.13. The highest BCUT2D eigenvalue weighted by molar-refractivity contribution is 9.10. The average Bonchev–Trinajstić information content (AvgIpc) is 2.39. The van der Waals surface area contributed by atoms with Gasteiger partial charge in [0.1, 0.15) is 0 Å². The first-order chi connectivity index (χ1) is 9.58. The van der Waals surface area contributed by atoms with Gasteiger partial charge in [-0.3, -0.25) is 0 Å². The first kappa shape index (κ1) is 15.3. The summed E-state index contributed by atoms with van der Waals surface area (Å²) in [6.07, 6.45) is 0.963. The van der Waals surface area contributed by atoms with Crippen LogP contribution in [0.4, 0.5) is 17.6 Å². The highest BCUT2D eigenvalue weighted by atomic mass is 79.9.